The van der Waals surface area contributed by atoms with E-state index in [-0.39, 0.29) is 37.6 Å². The molecule has 0 aliphatic carbocycles. The van der Waals surface area contributed by atoms with Gasteiger partial charge >= 0.3 is 5.97 Å². The molecule has 3 aliphatic rings. The van der Waals surface area contributed by atoms with E-state index in [1.165, 1.54) is 4.90 Å². The Morgan fingerprint density at radius 1 is 1.44 bits per heavy atom. The Morgan fingerprint density at radius 2 is 2.19 bits per heavy atom. The molecule has 6 atom stereocenters. The molecule has 3 heterocycles. The molecule has 8 nitrogen and oxygen atoms in total. The molecule has 3 rings (SSSR count). The van der Waals surface area contributed by atoms with Crippen LogP contribution in [-0.4, -0.2) is 71.3 Å². The van der Waals surface area contributed by atoms with E-state index in [9.17, 15) is 19.5 Å². The summed E-state index contributed by atoms with van der Waals surface area (Å²) in [6, 6.07) is -0.852. The summed E-state index contributed by atoms with van der Waals surface area (Å²) >= 11 is 0. The Balaban J connectivity index is 1.92. The van der Waals surface area contributed by atoms with Gasteiger partial charge in [0, 0.05) is 12.6 Å². The fourth-order valence-corrected chi connectivity index (χ4v) is 5.14. The van der Waals surface area contributed by atoms with Crippen LogP contribution < -0.4 is 5.32 Å². The van der Waals surface area contributed by atoms with Gasteiger partial charge in [0.05, 0.1) is 31.2 Å². The second-order valence-corrected chi connectivity index (χ2v) is 7.76. The van der Waals surface area contributed by atoms with Gasteiger partial charge in [-0.2, -0.15) is 0 Å². The molecule has 152 valence electrons. The minimum absolute atomic E-state index is 0.0246. The summed E-state index contributed by atoms with van der Waals surface area (Å²) in [4.78, 5) is 40.2. The summed E-state index contributed by atoms with van der Waals surface area (Å²) in [5, 5.41) is 12.4. The smallest absolute Gasteiger partial charge is 0.312 e. The van der Waals surface area contributed by atoms with E-state index in [2.05, 4.69) is 5.32 Å². The lowest BCUT2D eigenvalue weighted by atomic mass is 9.70. The van der Waals surface area contributed by atoms with Crippen LogP contribution in [0.3, 0.4) is 0 Å². The van der Waals surface area contributed by atoms with E-state index in [1.54, 1.807) is 6.92 Å². The molecule has 0 radical (unpaired) electrons. The van der Waals surface area contributed by atoms with Crippen LogP contribution >= 0.6 is 0 Å². The van der Waals surface area contributed by atoms with Gasteiger partial charge in [-0.25, -0.2) is 0 Å². The molecule has 8 heteroatoms. The van der Waals surface area contributed by atoms with Gasteiger partial charge in [-0.3, -0.25) is 14.4 Å². The monoisotopic (exact) mass is 382 g/mol. The average molecular weight is 382 g/mol. The number of hydrogen-bond donors (Lipinski definition) is 2. The fourth-order valence-electron chi connectivity index (χ4n) is 5.14. The van der Waals surface area contributed by atoms with Crippen molar-refractivity contribution >= 4 is 17.8 Å². The lowest BCUT2D eigenvalue weighted by molar-refractivity contribution is -0.154. The third-order valence-corrected chi connectivity index (χ3v) is 6.06. The first kappa shape index (κ1) is 20.1. The quantitative estimate of drug-likeness (QED) is 0.582. The number of aliphatic hydroxyl groups excluding tert-OH is 1. The number of rotatable bonds is 8. The molecular weight excluding hydrogens is 352 g/mol. The molecule has 0 aromatic carbocycles. The highest BCUT2D eigenvalue weighted by atomic mass is 16.6. The zero-order valence-electron chi connectivity index (χ0n) is 16.3. The van der Waals surface area contributed by atoms with Crippen molar-refractivity contribution in [1.29, 1.82) is 0 Å². The summed E-state index contributed by atoms with van der Waals surface area (Å²) in [5.74, 6) is -2.41. The molecule has 0 aromatic rings. The molecule has 3 fully saturated rings. The molecule has 0 aromatic heterocycles. The number of amides is 2. The Kier molecular flexibility index (Phi) is 5.76. The number of esters is 1. The van der Waals surface area contributed by atoms with Gasteiger partial charge < -0.3 is 24.8 Å². The van der Waals surface area contributed by atoms with Gasteiger partial charge in [0.15, 0.2) is 0 Å². The lowest BCUT2D eigenvalue weighted by Crippen LogP contribution is -2.56. The van der Waals surface area contributed by atoms with E-state index in [0.717, 1.165) is 12.8 Å². The number of nitrogens with one attached hydrogen (secondary N) is 1. The Hall–Kier alpha value is -1.67. The van der Waals surface area contributed by atoms with Crippen LogP contribution in [-0.2, 0) is 23.9 Å². The van der Waals surface area contributed by atoms with Crippen LogP contribution in [0.15, 0.2) is 0 Å². The predicted molar refractivity (Wildman–Crippen MR) is 95.6 cm³/mol. The van der Waals surface area contributed by atoms with Crippen molar-refractivity contribution in [3.63, 3.8) is 0 Å². The Morgan fingerprint density at radius 3 is 2.81 bits per heavy atom. The second-order valence-electron chi connectivity index (χ2n) is 7.76. The Labute approximate surface area is 159 Å². The van der Waals surface area contributed by atoms with E-state index in [0.29, 0.717) is 12.8 Å². The summed E-state index contributed by atoms with van der Waals surface area (Å²) in [6.07, 6.45) is 2.54. The van der Waals surface area contributed by atoms with Gasteiger partial charge in [-0.15, -0.1) is 0 Å². The maximum absolute atomic E-state index is 13.2. The topological polar surface area (TPSA) is 105 Å². The van der Waals surface area contributed by atoms with Crippen molar-refractivity contribution in [3.8, 4) is 0 Å². The zero-order valence-corrected chi connectivity index (χ0v) is 16.3. The predicted octanol–water partition coefficient (Wildman–Crippen LogP) is 0.221. The third-order valence-electron chi connectivity index (χ3n) is 6.06. The fraction of sp³-hybridized carbons (Fsp3) is 0.842. The highest BCUT2D eigenvalue weighted by Crippen LogP contribution is 2.58. The summed E-state index contributed by atoms with van der Waals surface area (Å²) in [5.41, 5.74) is -1.01. The summed E-state index contributed by atoms with van der Waals surface area (Å²) in [7, 11) is 0. The van der Waals surface area contributed by atoms with Crippen molar-refractivity contribution in [2.45, 2.75) is 70.2 Å². The molecule has 3 unspecified atom stereocenters. The number of hydrogen-bond acceptors (Lipinski definition) is 6. The molecule has 27 heavy (non-hydrogen) atoms. The zero-order chi connectivity index (χ0) is 19.8. The first-order valence-corrected chi connectivity index (χ1v) is 9.97. The maximum Gasteiger partial charge on any atom is 0.312 e. The first-order valence-electron chi connectivity index (χ1n) is 9.97. The highest BCUT2D eigenvalue weighted by Gasteiger charge is 2.74. The number of fused-ring (bicyclic) bond motifs is 1. The number of nitrogens with zero attached hydrogens (tertiary/aromatic N) is 1. The van der Waals surface area contributed by atoms with Crippen LogP contribution in [0.5, 0.6) is 0 Å². The minimum Gasteiger partial charge on any atom is -0.466 e. The lowest BCUT2D eigenvalue weighted by Gasteiger charge is -2.34. The second kappa shape index (κ2) is 7.75. The molecule has 0 saturated carbocycles. The molecule has 2 bridgehead atoms. The number of ether oxygens (including phenoxy) is 2. The van der Waals surface area contributed by atoms with Crippen LogP contribution in [0.2, 0.25) is 0 Å². The SMILES string of the molecule is CCCC(C)NC(=O)C1N(CCO)C(=O)[C@@H]2[C@H](C(=O)OCC)[C@@H]3CCC12O3. The van der Waals surface area contributed by atoms with E-state index in [1.807, 2.05) is 13.8 Å². The standard InChI is InChI=1S/C19H30N2O6/c1-4-6-11(3)20-16(23)15-19-8-7-12(27-19)13(18(25)26-5-2)14(19)17(24)21(15)9-10-22/h11-15,22H,4-10H2,1-3H3,(H,20,23)/t11?,12-,13+,14-,15?,19?/m0/s1. The van der Waals surface area contributed by atoms with Crippen LogP contribution in [0.25, 0.3) is 0 Å². The van der Waals surface area contributed by atoms with Crippen molar-refractivity contribution in [2.75, 3.05) is 19.8 Å². The minimum atomic E-state index is -1.01. The molecule has 2 N–H and O–H groups in total. The largest absolute Gasteiger partial charge is 0.466 e. The van der Waals surface area contributed by atoms with Crippen LogP contribution in [0.4, 0.5) is 0 Å². The first-order chi connectivity index (χ1) is 12.9. The van der Waals surface area contributed by atoms with E-state index < -0.39 is 35.6 Å². The van der Waals surface area contributed by atoms with Gasteiger partial charge in [0.1, 0.15) is 11.6 Å². The van der Waals surface area contributed by atoms with Gasteiger partial charge in [-0.1, -0.05) is 13.3 Å². The van der Waals surface area contributed by atoms with Gasteiger partial charge in [0.2, 0.25) is 11.8 Å². The van der Waals surface area contributed by atoms with Crippen molar-refractivity contribution in [2.24, 2.45) is 11.8 Å². The summed E-state index contributed by atoms with van der Waals surface area (Å²) < 4.78 is 11.4. The van der Waals surface area contributed by atoms with Crippen molar-refractivity contribution in [3.05, 3.63) is 0 Å². The normalized spacial score (nSPS) is 35.3. The molecule has 1 spiro atoms. The Bertz CT molecular complexity index is 611. The molecule has 3 saturated heterocycles. The van der Waals surface area contributed by atoms with E-state index >= 15 is 0 Å². The van der Waals surface area contributed by atoms with Gasteiger partial charge in [-0.05, 0) is 33.1 Å². The number of carbonyl (C=O) groups excluding carboxylic acids is 3. The molecule has 2 amide bonds. The van der Waals surface area contributed by atoms with E-state index in [4.69, 9.17) is 9.47 Å². The number of carbonyl (C=O) groups is 3. The number of aliphatic hydroxyl groups is 1. The average Bonchev–Trinajstić information content (AvgIpc) is 3.24. The maximum atomic E-state index is 13.2. The highest BCUT2D eigenvalue weighted by molar-refractivity contribution is 5.98. The van der Waals surface area contributed by atoms with Crippen molar-refractivity contribution < 1.29 is 29.0 Å². The third kappa shape index (κ3) is 3.12. The number of β-amino-alcohol motifs (C(OH)–C–C–N with tert-alkyl or cyclic N) is 1. The van der Waals surface area contributed by atoms with Crippen LogP contribution in [0, 0.1) is 11.8 Å². The summed E-state index contributed by atoms with van der Waals surface area (Å²) in [6.45, 7) is 5.71. The molecule has 3 aliphatic heterocycles. The van der Waals surface area contributed by atoms with Crippen molar-refractivity contribution in [1.82, 2.24) is 10.2 Å². The van der Waals surface area contributed by atoms with Crippen LogP contribution in [0.1, 0.15) is 46.5 Å². The van der Waals surface area contributed by atoms with Gasteiger partial charge in [0.25, 0.3) is 0 Å². The molecular formula is C19H30N2O6. The number of likely N-dealkylation sites (tertiary alicyclic amines) is 1.